The minimum absolute atomic E-state index is 0.119. The molecule has 2 aromatic carbocycles. The predicted molar refractivity (Wildman–Crippen MR) is 70.9 cm³/mol. The van der Waals surface area contributed by atoms with Gasteiger partial charge in [0.05, 0.1) is 0 Å². The summed E-state index contributed by atoms with van der Waals surface area (Å²) in [6.07, 6.45) is 0. The molecule has 0 saturated heterocycles. The molecule has 1 N–H and O–H groups in total. The van der Waals surface area contributed by atoms with Gasteiger partial charge in [-0.15, -0.1) is 0 Å². The van der Waals surface area contributed by atoms with Gasteiger partial charge in [0, 0.05) is 16.5 Å². The van der Waals surface area contributed by atoms with E-state index in [4.69, 9.17) is 0 Å². The molecule has 0 aliphatic carbocycles. The van der Waals surface area contributed by atoms with Gasteiger partial charge in [-0.1, -0.05) is 51.9 Å². The summed E-state index contributed by atoms with van der Waals surface area (Å²) in [4.78, 5) is 0. The largest absolute Gasteiger partial charge is 0.508 e. The third kappa shape index (κ3) is 2.83. The van der Waals surface area contributed by atoms with Crippen molar-refractivity contribution < 1.29 is 9.50 Å². The third-order valence-corrected chi connectivity index (χ3v) is 4.11. The zero-order valence-electron chi connectivity index (χ0n) is 9.52. The van der Waals surface area contributed by atoms with Crippen LogP contribution in [0, 0.1) is 5.82 Å². The Morgan fingerprint density at radius 2 is 1.71 bits per heavy atom. The van der Waals surface area contributed by atoms with Crippen molar-refractivity contribution in [1.82, 2.24) is 0 Å². The van der Waals surface area contributed by atoms with Crippen LogP contribution in [0.25, 0.3) is 0 Å². The Morgan fingerprint density at radius 3 is 2.41 bits per heavy atom. The van der Waals surface area contributed by atoms with E-state index < -0.39 is 0 Å². The van der Waals surface area contributed by atoms with E-state index in [-0.39, 0.29) is 17.2 Å². The first-order chi connectivity index (χ1) is 8.18. The second-order valence-electron chi connectivity index (χ2n) is 3.90. The first-order valence-electron chi connectivity index (χ1n) is 5.47. The topological polar surface area (TPSA) is 20.2 Å². The summed E-state index contributed by atoms with van der Waals surface area (Å²) in [6, 6.07) is 14.0. The fourth-order valence-corrected chi connectivity index (χ4v) is 3.02. The molecule has 17 heavy (non-hydrogen) atoms. The molecule has 2 aromatic rings. The zero-order chi connectivity index (χ0) is 12.3. The summed E-state index contributed by atoms with van der Waals surface area (Å²) in [5.41, 5.74) is 0.988. The van der Waals surface area contributed by atoms with Crippen molar-refractivity contribution in [1.29, 1.82) is 0 Å². The number of aromatic hydroxyl groups is 1. The van der Waals surface area contributed by atoms with Gasteiger partial charge in [0.25, 0.3) is 0 Å². The van der Waals surface area contributed by atoms with Gasteiger partial charge in [-0.05, 0) is 12.1 Å². The molecule has 0 radical (unpaired) electrons. The number of phenols is 1. The van der Waals surface area contributed by atoms with E-state index in [2.05, 4.69) is 0 Å². The predicted octanol–water partition coefficient (Wildman–Crippen LogP) is 3.60. The van der Waals surface area contributed by atoms with E-state index in [1.807, 2.05) is 25.1 Å². The molecule has 2 atom stereocenters. The molecule has 0 saturated carbocycles. The monoisotopic (exact) mass is 248 g/mol. The molecule has 1 nitrogen and oxygen atoms in total. The lowest BCUT2D eigenvalue weighted by Gasteiger charge is -2.14. The molecule has 0 bridgehead atoms. The van der Waals surface area contributed by atoms with Gasteiger partial charge in [0.1, 0.15) is 11.6 Å². The Hall–Kier alpha value is -1.40. The third-order valence-electron chi connectivity index (χ3n) is 2.65. The Morgan fingerprint density at radius 1 is 1.06 bits per heavy atom. The van der Waals surface area contributed by atoms with Crippen LogP contribution >= 0.6 is 8.58 Å². The first-order valence-corrected chi connectivity index (χ1v) is 6.55. The Kier molecular flexibility index (Phi) is 3.75. The molecular weight excluding hydrogens is 234 g/mol. The average molecular weight is 248 g/mol. The summed E-state index contributed by atoms with van der Waals surface area (Å²) in [5, 5.41) is 10.5. The van der Waals surface area contributed by atoms with E-state index in [1.54, 1.807) is 24.3 Å². The molecule has 0 spiro atoms. The second kappa shape index (κ2) is 5.29. The van der Waals surface area contributed by atoms with Gasteiger partial charge in [0.15, 0.2) is 0 Å². The van der Waals surface area contributed by atoms with Gasteiger partial charge >= 0.3 is 0 Å². The number of halogens is 1. The average Bonchev–Trinajstić information content (AvgIpc) is 2.32. The first kappa shape index (κ1) is 12.1. The van der Waals surface area contributed by atoms with Crippen LogP contribution in [-0.2, 0) is 0 Å². The lowest BCUT2D eigenvalue weighted by Crippen LogP contribution is -2.02. The van der Waals surface area contributed by atoms with Crippen molar-refractivity contribution in [2.45, 2.75) is 12.6 Å². The molecule has 0 aliphatic rings. The standard InChI is InChI=1S/C14H14FOP/c1-10(11-6-2-4-8-13(11)16)17-14-9-5-3-7-12(14)15/h2-10,16-17H,1H3. The number of benzene rings is 2. The summed E-state index contributed by atoms with van der Waals surface area (Å²) < 4.78 is 13.5. The number of phenolic OH excluding ortho intramolecular Hbond substituents is 1. The molecule has 2 rings (SSSR count). The molecular formula is C14H14FOP. The highest BCUT2D eigenvalue weighted by molar-refractivity contribution is 7.47. The molecule has 88 valence electrons. The van der Waals surface area contributed by atoms with Crippen LogP contribution in [0.15, 0.2) is 48.5 Å². The maximum atomic E-state index is 13.5. The van der Waals surface area contributed by atoms with Crippen LogP contribution in [0.1, 0.15) is 18.1 Å². The van der Waals surface area contributed by atoms with E-state index in [1.165, 1.54) is 6.07 Å². The SMILES string of the molecule is CC(Pc1ccccc1F)c1ccccc1O. The lowest BCUT2D eigenvalue weighted by atomic mass is 10.1. The summed E-state index contributed by atoms with van der Waals surface area (Å²) >= 11 is 0. The van der Waals surface area contributed by atoms with Crippen molar-refractivity contribution in [3.63, 3.8) is 0 Å². The molecule has 0 fully saturated rings. The Bertz CT molecular complexity index is 513. The van der Waals surface area contributed by atoms with Crippen molar-refractivity contribution >= 4 is 13.9 Å². The van der Waals surface area contributed by atoms with Gasteiger partial charge in [-0.3, -0.25) is 0 Å². The second-order valence-corrected chi connectivity index (χ2v) is 5.60. The number of para-hydroxylation sites is 1. The van der Waals surface area contributed by atoms with Crippen LogP contribution in [0.2, 0.25) is 0 Å². The molecule has 2 unspecified atom stereocenters. The van der Waals surface area contributed by atoms with E-state index >= 15 is 0 Å². The Labute approximate surface area is 102 Å². The van der Waals surface area contributed by atoms with Crippen LogP contribution < -0.4 is 5.30 Å². The highest BCUT2D eigenvalue weighted by Crippen LogP contribution is 2.37. The van der Waals surface area contributed by atoms with Gasteiger partial charge in [0.2, 0.25) is 0 Å². The molecule has 0 heterocycles. The fourth-order valence-electron chi connectivity index (χ4n) is 1.74. The maximum absolute atomic E-state index is 13.5. The van der Waals surface area contributed by atoms with Crippen LogP contribution in [0.3, 0.4) is 0 Å². The van der Waals surface area contributed by atoms with E-state index in [0.29, 0.717) is 13.9 Å². The number of rotatable bonds is 3. The molecule has 0 amide bonds. The van der Waals surface area contributed by atoms with Crippen LogP contribution in [0.5, 0.6) is 5.75 Å². The quantitative estimate of drug-likeness (QED) is 0.823. The lowest BCUT2D eigenvalue weighted by molar-refractivity contribution is 0.468. The van der Waals surface area contributed by atoms with Crippen LogP contribution in [-0.4, -0.2) is 5.11 Å². The summed E-state index contributed by atoms with van der Waals surface area (Å²) in [6.45, 7) is 2.00. The number of hydrogen-bond acceptors (Lipinski definition) is 1. The van der Waals surface area contributed by atoms with Crippen LogP contribution in [0.4, 0.5) is 4.39 Å². The van der Waals surface area contributed by atoms with Crippen molar-refractivity contribution in [2.75, 3.05) is 0 Å². The minimum atomic E-state index is -0.173. The van der Waals surface area contributed by atoms with E-state index in [9.17, 15) is 9.50 Å². The van der Waals surface area contributed by atoms with Crippen molar-refractivity contribution in [3.05, 3.63) is 59.9 Å². The normalized spacial score (nSPS) is 13.1. The maximum Gasteiger partial charge on any atom is 0.130 e. The highest BCUT2D eigenvalue weighted by Gasteiger charge is 2.12. The Balaban J connectivity index is 2.20. The highest BCUT2D eigenvalue weighted by atomic mass is 31.1. The van der Waals surface area contributed by atoms with E-state index in [0.717, 1.165) is 5.56 Å². The summed E-state index contributed by atoms with van der Waals surface area (Å²) in [5.74, 6) is 0.108. The fraction of sp³-hybridized carbons (Fsp3) is 0.143. The van der Waals surface area contributed by atoms with Crippen molar-refractivity contribution in [3.8, 4) is 5.75 Å². The smallest absolute Gasteiger partial charge is 0.130 e. The zero-order valence-corrected chi connectivity index (χ0v) is 10.5. The molecule has 0 aliphatic heterocycles. The summed E-state index contributed by atoms with van der Waals surface area (Å²) in [7, 11) is 0.316. The molecule has 3 heteroatoms. The van der Waals surface area contributed by atoms with Gasteiger partial charge < -0.3 is 5.11 Å². The van der Waals surface area contributed by atoms with Gasteiger partial charge in [-0.2, -0.15) is 0 Å². The van der Waals surface area contributed by atoms with Gasteiger partial charge in [-0.25, -0.2) is 4.39 Å². The van der Waals surface area contributed by atoms with Crippen molar-refractivity contribution in [2.24, 2.45) is 0 Å². The molecule has 0 aromatic heterocycles. The number of hydrogen-bond donors (Lipinski definition) is 1. The minimum Gasteiger partial charge on any atom is -0.508 e.